The summed E-state index contributed by atoms with van der Waals surface area (Å²) in [6.07, 6.45) is 0. The molecule has 3 heterocycles. The van der Waals surface area contributed by atoms with E-state index < -0.39 is 61.2 Å². The van der Waals surface area contributed by atoms with Crippen LogP contribution in [0.4, 0.5) is 9.59 Å². The molecule has 0 aliphatic carbocycles. The van der Waals surface area contributed by atoms with Gasteiger partial charge in [0.2, 0.25) is 0 Å². The van der Waals surface area contributed by atoms with Gasteiger partial charge >= 0.3 is 182 Å². The van der Waals surface area contributed by atoms with Gasteiger partial charge in [-0.05, 0) is 0 Å². The molecule has 0 saturated carbocycles. The van der Waals surface area contributed by atoms with Crippen molar-refractivity contribution in [3.8, 4) is 0 Å². The fourth-order valence-corrected chi connectivity index (χ4v) is 36.1. The number of hydrogen-bond donors (Lipinski definition) is 0. The van der Waals surface area contributed by atoms with E-state index in [2.05, 4.69) is 0 Å². The second-order valence-electron chi connectivity index (χ2n) is 11.5. The van der Waals surface area contributed by atoms with Gasteiger partial charge in [-0.1, -0.05) is 0 Å². The summed E-state index contributed by atoms with van der Waals surface area (Å²) < 4.78 is 21.2. The molecule has 3 aliphatic rings. The number of carbonyl (C=O) groups is 2. The normalized spacial score (nSPS) is 26.9. The van der Waals surface area contributed by atoms with Crippen LogP contribution in [0.5, 0.6) is 0 Å². The van der Waals surface area contributed by atoms with E-state index in [1.54, 1.807) is 0 Å². The third-order valence-electron chi connectivity index (χ3n) is 4.41. The molecule has 0 aromatic carbocycles. The summed E-state index contributed by atoms with van der Waals surface area (Å²) in [5.41, 5.74) is -1.57. The number of urea groups is 2. The van der Waals surface area contributed by atoms with Crippen LogP contribution in [0.15, 0.2) is 0 Å². The number of rotatable bonds is 0. The Morgan fingerprint density at radius 3 is 0.821 bits per heavy atom. The minimum atomic E-state index is -3.77. The van der Waals surface area contributed by atoms with Crippen LogP contribution in [-0.4, -0.2) is 85.9 Å². The van der Waals surface area contributed by atoms with Gasteiger partial charge in [0.25, 0.3) is 0 Å². The second kappa shape index (κ2) is 5.84. The molecule has 3 saturated heterocycles. The Balaban J connectivity index is 2.05. The van der Waals surface area contributed by atoms with Crippen molar-refractivity contribution in [1.82, 2.24) is 12.6 Å². The molecule has 3 rings (SSSR count). The molecule has 0 radical (unpaired) electrons. The first-order valence-corrected chi connectivity index (χ1v) is 17.6. The van der Waals surface area contributed by atoms with Gasteiger partial charge < -0.3 is 0 Å². The minimum absolute atomic E-state index is 0.0332. The van der Waals surface area contributed by atoms with Crippen LogP contribution in [0.3, 0.4) is 0 Å². The molecule has 164 valence electrons. The van der Waals surface area contributed by atoms with Crippen molar-refractivity contribution in [1.29, 1.82) is 0 Å². The quantitative estimate of drug-likeness (QED) is 0.386. The fourth-order valence-electron chi connectivity index (χ4n) is 3.67. The van der Waals surface area contributed by atoms with Gasteiger partial charge in [0.15, 0.2) is 0 Å². The Labute approximate surface area is 180 Å². The molecule has 0 aromatic rings. The Bertz CT molecular complexity index is 612. The maximum absolute atomic E-state index is 13.1. The van der Waals surface area contributed by atoms with Crippen molar-refractivity contribution in [2.75, 3.05) is 0 Å². The summed E-state index contributed by atoms with van der Waals surface area (Å²) >= 11 is -7.54. The first kappa shape index (κ1) is 22.7. The molecule has 0 atom stereocenters. The van der Waals surface area contributed by atoms with E-state index in [1.807, 2.05) is 95.7 Å². The van der Waals surface area contributed by atoms with Crippen LogP contribution in [-0.2, 0) is 2.93 Å². The van der Waals surface area contributed by atoms with Gasteiger partial charge in [-0.25, -0.2) is 0 Å². The Kier molecular flexibility index (Phi) is 4.74. The number of hydrogen-bond acceptors (Lipinski definition) is 4. The molecule has 10 heteroatoms. The topological polar surface area (TPSA) is 65.6 Å². The third-order valence-corrected chi connectivity index (χ3v) is 33.3. The van der Waals surface area contributed by atoms with Crippen LogP contribution in [0, 0.1) is 0 Å². The van der Waals surface area contributed by atoms with E-state index in [0.717, 1.165) is 0 Å². The van der Waals surface area contributed by atoms with Gasteiger partial charge in [0.05, 0.1) is 0 Å². The first-order chi connectivity index (χ1) is 12.2. The van der Waals surface area contributed by atoms with E-state index in [0.29, 0.717) is 0 Å². The molecule has 4 amide bonds. The molecular formula is C18H36N4O4Te2. The molecule has 2 spiro atoms. The predicted octanol–water partition coefficient (Wildman–Crippen LogP) is 3.57. The van der Waals surface area contributed by atoms with E-state index >= 15 is 0 Å². The number of amides is 4. The molecule has 8 nitrogen and oxygen atoms in total. The van der Waals surface area contributed by atoms with Crippen molar-refractivity contribution in [2.24, 2.45) is 0 Å². The Morgan fingerprint density at radius 2 is 0.679 bits per heavy atom. The Morgan fingerprint density at radius 1 is 0.500 bits per heavy atom. The van der Waals surface area contributed by atoms with Crippen molar-refractivity contribution < 1.29 is 12.5 Å². The van der Waals surface area contributed by atoms with Crippen LogP contribution < -0.4 is 0 Å². The molecule has 28 heavy (non-hydrogen) atoms. The van der Waals surface area contributed by atoms with E-state index in [1.165, 1.54) is 0 Å². The van der Waals surface area contributed by atoms with Crippen molar-refractivity contribution in [2.45, 2.75) is 105 Å². The fraction of sp³-hybridized carbons (Fsp3) is 0.889. The molecule has 0 unspecified atom stereocenters. The molecule has 3 aliphatic heterocycles. The predicted molar refractivity (Wildman–Crippen MR) is 111 cm³/mol. The zero-order valence-corrected chi connectivity index (χ0v) is 23.9. The van der Waals surface area contributed by atoms with Crippen molar-refractivity contribution in [3.05, 3.63) is 0 Å². The van der Waals surface area contributed by atoms with Crippen molar-refractivity contribution in [3.63, 3.8) is 0 Å². The average molecular weight is 628 g/mol. The number of nitrogens with zero attached hydrogens (tertiary/aromatic N) is 4. The Hall–Kier alpha value is 0.0392. The molecule has 0 bridgehead atoms. The summed E-state index contributed by atoms with van der Waals surface area (Å²) in [5, 5.41) is 0. The van der Waals surface area contributed by atoms with Gasteiger partial charge in [0.1, 0.15) is 0 Å². The zero-order chi connectivity index (χ0) is 21.9. The van der Waals surface area contributed by atoms with Crippen LogP contribution in [0.25, 0.3) is 0 Å². The summed E-state index contributed by atoms with van der Waals surface area (Å²) in [6, 6.07) is -0.0664. The zero-order valence-electron chi connectivity index (χ0n) is 19.2. The summed E-state index contributed by atoms with van der Waals surface area (Å²) in [6.45, 7) is 24.1. The van der Waals surface area contributed by atoms with E-state index in [-0.39, 0.29) is 12.1 Å². The molecular weight excluding hydrogens is 591 g/mol. The van der Waals surface area contributed by atoms with Gasteiger partial charge in [0, 0.05) is 0 Å². The molecule has 0 N–H and O–H groups in total. The third kappa shape index (κ3) is 2.82. The van der Waals surface area contributed by atoms with Gasteiger partial charge in [-0.15, -0.1) is 0 Å². The molecule has 3 fully saturated rings. The van der Waals surface area contributed by atoms with E-state index in [9.17, 15) is 9.59 Å². The summed E-state index contributed by atoms with van der Waals surface area (Å²) in [5.74, 6) is 0. The summed E-state index contributed by atoms with van der Waals surface area (Å²) in [7, 11) is 0. The maximum atomic E-state index is 13.1. The summed E-state index contributed by atoms with van der Waals surface area (Å²) in [4.78, 5) is 26.1. The second-order valence-corrected chi connectivity index (χ2v) is 26.7. The monoisotopic (exact) mass is 632 g/mol. The van der Waals surface area contributed by atoms with Crippen LogP contribution in [0.1, 0.15) is 83.1 Å². The van der Waals surface area contributed by atoms with Crippen LogP contribution >= 0.6 is 0 Å². The van der Waals surface area contributed by atoms with Crippen molar-refractivity contribution >= 4 is 51.2 Å². The van der Waals surface area contributed by atoms with Gasteiger partial charge in [-0.3, -0.25) is 0 Å². The SMILES string of the molecule is CC(C)(C)N1C(=O)N(C(C)(C)C)[Te]12O[Te]1(O2)N(C(C)(C)C)C(=O)N1C(C)(C)C. The first-order valence-electron chi connectivity index (χ1n) is 9.59. The standard InChI is InChI=1S/C18H36N4O4Te2/c1-15(2,3)19-13(23)20(16(4,5)6)27(19)25-28(26-27)21(17(7,8)9)14(24)22(28)18(10,11)12/h1-12H3. The molecule has 0 aromatic heterocycles. The average Bonchev–Trinajstić information content (AvgIpc) is 2.25. The van der Waals surface area contributed by atoms with Crippen LogP contribution in [0.2, 0.25) is 0 Å². The van der Waals surface area contributed by atoms with E-state index in [4.69, 9.17) is 2.93 Å². The number of carbonyl (C=O) groups excluding carboxylic acids is 2. The van der Waals surface area contributed by atoms with Gasteiger partial charge in [-0.2, -0.15) is 0 Å².